The fourth-order valence-electron chi connectivity index (χ4n) is 3.16. The highest BCUT2D eigenvalue weighted by atomic mass is 16.5. The number of benzene rings is 1. The fourth-order valence-corrected chi connectivity index (χ4v) is 3.16. The van der Waals surface area contributed by atoms with Gasteiger partial charge in [-0.3, -0.25) is 0 Å². The van der Waals surface area contributed by atoms with E-state index in [1.807, 2.05) is 19.1 Å². The van der Waals surface area contributed by atoms with Gasteiger partial charge in [0.1, 0.15) is 11.5 Å². The normalized spacial score (nSPS) is 17.0. The van der Waals surface area contributed by atoms with Crippen LogP contribution in [0.5, 0.6) is 11.5 Å². The van der Waals surface area contributed by atoms with Crippen LogP contribution >= 0.6 is 0 Å². The molecule has 6 heteroatoms. The monoisotopic (exact) mass is 317 g/mol. The minimum Gasteiger partial charge on any atom is -0.496 e. The molecule has 1 aromatic carbocycles. The predicted molar refractivity (Wildman–Crippen MR) is 86.5 cm³/mol. The molecule has 1 heterocycles. The van der Waals surface area contributed by atoms with Gasteiger partial charge in [-0.25, -0.2) is 0 Å². The number of nitrogens with two attached hydrogens (primary N) is 1. The molecule has 0 saturated heterocycles. The Labute approximate surface area is 136 Å². The first-order chi connectivity index (χ1) is 11.1. The van der Waals surface area contributed by atoms with E-state index in [2.05, 4.69) is 10.1 Å². The molecular formula is C17H23N3O3. The third kappa shape index (κ3) is 2.91. The van der Waals surface area contributed by atoms with Crippen LogP contribution in [0, 0.1) is 6.92 Å². The molecule has 3 rings (SSSR count). The maximum atomic E-state index is 6.47. The zero-order valence-corrected chi connectivity index (χ0v) is 13.9. The molecule has 124 valence electrons. The van der Waals surface area contributed by atoms with E-state index in [0.717, 1.165) is 48.3 Å². The maximum Gasteiger partial charge on any atom is 0.258 e. The molecule has 0 bridgehead atoms. The smallest absolute Gasteiger partial charge is 0.258 e. The first-order valence-electron chi connectivity index (χ1n) is 7.93. The molecule has 0 unspecified atom stereocenters. The van der Waals surface area contributed by atoms with E-state index in [9.17, 15) is 0 Å². The lowest BCUT2D eigenvalue weighted by atomic mass is 9.82. The van der Waals surface area contributed by atoms with E-state index in [-0.39, 0.29) is 0 Å². The summed E-state index contributed by atoms with van der Waals surface area (Å²) >= 11 is 0. The lowest BCUT2D eigenvalue weighted by molar-refractivity contribution is 0.275. The van der Waals surface area contributed by atoms with Crippen molar-refractivity contribution in [3.8, 4) is 23.0 Å². The lowest BCUT2D eigenvalue weighted by Crippen LogP contribution is -2.39. The van der Waals surface area contributed by atoms with Crippen LogP contribution in [0.25, 0.3) is 11.5 Å². The van der Waals surface area contributed by atoms with Crippen molar-refractivity contribution in [1.29, 1.82) is 0 Å². The maximum absolute atomic E-state index is 6.47. The number of methoxy groups -OCH3 is 2. The highest BCUT2D eigenvalue weighted by Gasteiger charge is 2.34. The molecule has 1 aromatic heterocycles. The first kappa shape index (κ1) is 15.8. The summed E-state index contributed by atoms with van der Waals surface area (Å²) < 4.78 is 16.3. The van der Waals surface area contributed by atoms with E-state index in [4.69, 9.17) is 19.7 Å². The Hall–Kier alpha value is -2.08. The van der Waals surface area contributed by atoms with Crippen LogP contribution in [0.15, 0.2) is 16.7 Å². The summed E-state index contributed by atoms with van der Waals surface area (Å²) in [6.45, 7) is 1.94. The molecule has 1 saturated carbocycles. The summed E-state index contributed by atoms with van der Waals surface area (Å²) in [5.41, 5.74) is 7.70. The molecule has 0 spiro atoms. The van der Waals surface area contributed by atoms with Gasteiger partial charge in [0.2, 0.25) is 0 Å². The Morgan fingerprint density at radius 1 is 1.09 bits per heavy atom. The molecule has 0 aliphatic heterocycles. The van der Waals surface area contributed by atoms with Crippen molar-refractivity contribution in [2.24, 2.45) is 5.73 Å². The second kappa shape index (κ2) is 6.20. The van der Waals surface area contributed by atoms with Crippen LogP contribution in [0.4, 0.5) is 0 Å². The van der Waals surface area contributed by atoms with Gasteiger partial charge in [0, 0.05) is 11.1 Å². The lowest BCUT2D eigenvalue weighted by Gasteiger charge is -2.29. The molecule has 1 aliphatic carbocycles. The minimum absolute atomic E-state index is 0.437. The number of aromatic nitrogens is 2. The zero-order chi connectivity index (χ0) is 16.4. The summed E-state index contributed by atoms with van der Waals surface area (Å²) in [4.78, 5) is 4.54. The number of hydrogen-bond donors (Lipinski definition) is 1. The molecule has 0 amide bonds. The number of rotatable bonds is 4. The largest absolute Gasteiger partial charge is 0.496 e. The van der Waals surface area contributed by atoms with Crippen molar-refractivity contribution in [3.63, 3.8) is 0 Å². The number of hydrogen-bond acceptors (Lipinski definition) is 6. The molecule has 1 fully saturated rings. The summed E-state index contributed by atoms with van der Waals surface area (Å²) in [5.74, 6) is 2.47. The third-order valence-corrected chi connectivity index (χ3v) is 4.62. The van der Waals surface area contributed by atoms with E-state index in [0.29, 0.717) is 11.7 Å². The summed E-state index contributed by atoms with van der Waals surface area (Å²) in [5, 5.41) is 4.13. The van der Waals surface area contributed by atoms with Gasteiger partial charge in [-0.1, -0.05) is 24.4 Å². The van der Waals surface area contributed by atoms with Crippen molar-refractivity contribution < 1.29 is 14.0 Å². The van der Waals surface area contributed by atoms with Gasteiger partial charge in [-0.2, -0.15) is 4.98 Å². The first-order valence-corrected chi connectivity index (χ1v) is 7.93. The van der Waals surface area contributed by atoms with Crippen LogP contribution in [-0.4, -0.2) is 24.4 Å². The highest BCUT2D eigenvalue weighted by Crippen LogP contribution is 2.36. The molecular weight excluding hydrogens is 294 g/mol. The Morgan fingerprint density at radius 2 is 1.70 bits per heavy atom. The van der Waals surface area contributed by atoms with Gasteiger partial charge >= 0.3 is 0 Å². The summed E-state index contributed by atoms with van der Waals surface area (Å²) in [6, 6.07) is 3.75. The van der Waals surface area contributed by atoms with Crippen LogP contribution in [0.3, 0.4) is 0 Å². The Morgan fingerprint density at radius 3 is 2.26 bits per heavy atom. The van der Waals surface area contributed by atoms with Gasteiger partial charge in [-0.05, 0) is 31.9 Å². The van der Waals surface area contributed by atoms with Gasteiger partial charge in [0.05, 0.1) is 19.8 Å². The molecule has 0 atom stereocenters. The van der Waals surface area contributed by atoms with Gasteiger partial charge in [-0.15, -0.1) is 0 Å². The van der Waals surface area contributed by atoms with Crippen molar-refractivity contribution >= 4 is 0 Å². The minimum atomic E-state index is -0.473. The molecule has 23 heavy (non-hydrogen) atoms. The average molecular weight is 317 g/mol. The van der Waals surface area contributed by atoms with E-state index >= 15 is 0 Å². The van der Waals surface area contributed by atoms with Crippen LogP contribution < -0.4 is 15.2 Å². The second-order valence-electron chi connectivity index (χ2n) is 6.15. The zero-order valence-electron chi connectivity index (χ0n) is 13.9. The van der Waals surface area contributed by atoms with Crippen LogP contribution in [0.1, 0.15) is 43.5 Å². The number of nitrogens with zero attached hydrogens (tertiary/aromatic N) is 2. The summed E-state index contributed by atoms with van der Waals surface area (Å²) in [6.07, 6.45) is 5.22. The standard InChI is InChI=1S/C17H23N3O3/c1-11-13(21-2)9-12(10-14(11)22-3)15-19-16(20-23-15)17(18)7-5-4-6-8-17/h9-10H,4-8,18H2,1-3H3. The topological polar surface area (TPSA) is 83.4 Å². The van der Waals surface area contributed by atoms with E-state index < -0.39 is 5.54 Å². The average Bonchev–Trinajstić information content (AvgIpc) is 3.07. The predicted octanol–water partition coefficient (Wildman–Crippen LogP) is 3.18. The van der Waals surface area contributed by atoms with Gasteiger partial charge in [0.25, 0.3) is 5.89 Å². The molecule has 1 aliphatic rings. The van der Waals surface area contributed by atoms with Crippen LogP contribution in [0.2, 0.25) is 0 Å². The third-order valence-electron chi connectivity index (χ3n) is 4.62. The quantitative estimate of drug-likeness (QED) is 0.932. The van der Waals surface area contributed by atoms with Gasteiger partial charge < -0.3 is 19.7 Å². The van der Waals surface area contributed by atoms with Crippen molar-refractivity contribution in [2.45, 2.75) is 44.6 Å². The SMILES string of the molecule is COc1cc(-c2nc(C3(N)CCCCC3)no2)cc(OC)c1C. The molecule has 2 N–H and O–H groups in total. The van der Waals surface area contributed by atoms with Crippen molar-refractivity contribution in [2.75, 3.05) is 14.2 Å². The second-order valence-corrected chi connectivity index (χ2v) is 6.15. The molecule has 2 aromatic rings. The Bertz CT molecular complexity index is 665. The van der Waals surface area contributed by atoms with Crippen molar-refractivity contribution in [1.82, 2.24) is 10.1 Å². The fraction of sp³-hybridized carbons (Fsp3) is 0.529. The van der Waals surface area contributed by atoms with Crippen LogP contribution in [-0.2, 0) is 5.54 Å². The van der Waals surface area contributed by atoms with E-state index in [1.165, 1.54) is 6.42 Å². The Kier molecular flexibility index (Phi) is 4.26. The highest BCUT2D eigenvalue weighted by molar-refractivity contribution is 5.62. The van der Waals surface area contributed by atoms with E-state index in [1.54, 1.807) is 14.2 Å². The van der Waals surface area contributed by atoms with Gasteiger partial charge in [0.15, 0.2) is 5.82 Å². The molecule has 6 nitrogen and oxygen atoms in total. The number of ether oxygens (including phenoxy) is 2. The molecule has 0 radical (unpaired) electrons. The Balaban J connectivity index is 1.97. The van der Waals surface area contributed by atoms with Crippen molar-refractivity contribution in [3.05, 3.63) is 23.5 Å². The summed E-state index contributed by atoms with van der Waals surface area (Å²) in [7, 11) is 3.25.